The zero-order chi connectivity index (χ0) is 13.7. The van der Waals surface area contributed by atoms with E-state index in [4.69, 9.17) is 5.84 Å². The number of nitrogen functional groups attached to an aromatic ring is 1. The van der Waals surface area contributed by atoms with E-state index < -0.39 is 0 Å². The molecule has 0 saturated carbocycles. The molecule has 0 aromatic carbocycles. The van der Waals surface area contributed by atoms with Crippen LogP contribution in [-0.2, 0) is 6.42 Å². The van der Waals surface area contributed by atoms with Crippen molar-refractivity contribution < 1.29 is 0 Å². The normalized spacial score (nSPS) is 17.4. The molecule has 0 radical (unpaired) electrons. The highest BCUT2D eigenvalue weighted by molar-refractivity contribution is 5.46. The Hall–Kier alpha value is -1.40. The minimum absolute atomic E-state index is 0.525. The molecule has 6 nitrogen and oxygen atoms in total. The van der Waals surface area contributed by atoms with E-state index in [1.807, 2.05) is 13.0 Å². The molecule has 1 aliphatic rings. The van der Waals surface area contributed by atoms with Crippen molar-refractivity contribution in [3.8, 4) is 0 Å². The molecule has 0 amide bonds. The maximum absolute atomic E-state index is 5.42. The maximum Gasteiger partial charge on any atom is 0.145 e. The van der Waals surface area contributed by atoms with Crippen LogP contribution in [0.5, 0.6) is 0 Å². The number of nitrogens with one attached hydrogen (secondary N) is 2. The van der Waals surface area contributed by atoms with Crippen LogP contribution in [0, 0.1) is 0 Å². The molecule has 0 bridgehead atoms. The summed E-state index contributed by atoms with van der Waals surface area (Å²) in [6.45, 7) is 7.60. The minimum Gasteiger partial charge on any atom is -0.368 e. The molecule has 6 heteroatoms. The van der Waals surface area contributed by atoms with Gasteiger partial charge in [0.1, 0.15) is 17.5 Å². The molecule has 4 N–H and O–H groups in total. The highest BCUT2D eigenvalue weighted by Crippen LogP contribution is 2.14. The molecule has 1 unspecified atom stereocenters. The van der Waals surface area contributed by atoms with E-state index in [0.717, 1.165) is 24.6 Å². The number of hydrogen-bond donors (Lipinski definition) is 3. The molecule has 1 aromatic rings. The van der Waals surface area contributed by atoms with Crippen LogP contribution in [0.15, 0.2) is 6.07 Å². The first-order valence-corrected chi connectivity index (χ1v) is 7.05. The van der Waals surface area contributed by atoms with Crippen molar-refractivity contribution in [3.63, 3.8) is 0 Å². The Balaban J connectivity index is 1.94. The first-order chi connectivity index (χ1) is 9.22. The third-order valence-electron chi connectivity index (χ3n) is 3.58. The Morgan fingerprint density at radius 2 is 2.00 bits per heavy atom. The van der Waals surface area contributed by atoms with Crippen molar-refractivity contribution in [2.45, 2.75) is 39.2 Å². The van der Waals surface area contributed by atoms with Crippen LogP contribution >= 0.6 is 0 Å². The summed E-state index contributed by atoms with van der Waals surface area (Å²) in [5.41, 5.74) is 2.58. The van der Waals surface area contributed by atoms with E-state index in [1.165, 1.54) is 25.9 Å². The van der Waals surface area contributed by atoms with Gasteiger partial charge in [-0.15, -0.1) is 0 Å². The SMILES string of the molecule is CCc1nc(NN)cc(NCC(C)N2CCCC2)n1. The molecule has 1 saturated heterocycles. The summed E-state index contributed by atoms with van der Waals surface area (Å²) in [7, 11) is 0. The van der Waals surface area contributed by atoms with Crippen LogP contribution in [0.3, 0.4) is 0 Å². The van der Waals surface area contributed by atoms with Crippen LogP contribution < -0.4 is 16.6 Å². The van der Waals surface area contributed by atoms with Crippen molar-refractivity contribution in [1.82, 2.24) is 14.9 Å². The number of nitrogens with zero attached hydrogens (tertiary/aromatic N) is 3. The molecule has 1 atom stereocenters. The summed E-state index contributed by atoms with van der Waals surface area (Å²) in [4.78, 5) is 11.3. The number of rotatable bonds is 6. The number of likely N-dealkylation sites (tertiary alicyclic amines) is 1. The molecule has 2 rings (SSSR count). The van der Waals surface area contributed by atoms with E-state index in [2.05, 4.69) is 32.5 Å². The fourth-order valence-electron chi connectivity index (χ4n) is 2.38. The summed E-state index contributed by atoms with van der Waals surface area (Å²) in [5, 5.41) is 3.38. The largest absolute Gasteiger partial charge is 0.368 e. The van der Waals surface area contributed by atoms with Crippen LogP contribution in [0.1, 0.15) is 32.5 Å². The first-order valence-electron chi connectivity index (χ1n) is 7.05. The number of aromatic nitrogens is 2. The number of anilines is 2. The molecule has 1 aromatic heterocycles. The zero-order valence-electron chi connectivity index (χ0n) is 11.8. The van der Waals surface area contributed by atoms with Crippen LogP contribution in [0.25, 0.3) is 0 Å². The summed E-state index contributed by atoms with van der Waals surface area (Å²) in [6, 6.07) is 2.37. The van der Waals surface area contributed by atoms with Gasteiger partial charge in [0.25, 0.3) is 0 Å². The quantitative estimate of drug-likeness (QED) is 0.529. The van der Waals surface area contributed by atoms with Gasteiger partial charge >= 0.3 is 0 Å². The summed E-state index contributed by atoms with van der Waals surface area (Å²) in [6.07, 6.45) is 3.43. The monoisotopic (exact) mass is 264 g/mol. The fraction of sp³-hybridized carbons (Fsp3) is 0.692. The number of aryl methyl sites for hydroxylation is 1. The van der Waals surface area contributed by atoms with Crippen LogP contribution in [0.4, 0.5) is 11.6 Å². The third kappa shape index (κ3) is 3.78. The second-order valence-electron chi connectivity index (χ2n) is 5.03. The van der Waals surface area contributed by atoms with Crippen molar-refractivity contribution in [2.75, 3.05) is 30.4 Å². The van der Waals surface area contributed by atoms with Crippen molar-refractivity contribution in [2.24, 2.45) is 5.84 Å². The van der Waals surface area contributed by atoms with Gasteiger partial charge < -0.3 is 10.7 Å². The fourth-order valence-corrected chi connectivity index (χ4v) is 2.38. The lowest BCUT2D eigenvalue weighted by Gasteiger charge is -2.24. The summed E-state index contributed by atoms with van der Waals surface area (Å²) in [5.74, 6) is 7.71. The molecule has 106 valence electrons. The Morgan fingerprint density at radius 1 is 1.32 bits per heavy atom. The van der Waals surface area contributed by atoms with E-state index >= 15 is 0 Å². The minimum atomic E-state index is 0.525. The second-order valence-corrected chi connectivity index (χ2v) is 5.03. The number of hydrogen-bond acceptors (Lipinski definition) is 6. The Bertz CT molecular complexity index is 380. The molecule has 1 aliphatic heterocycles. The van der Waals surface area contributed by atoms with Gasteiger partial charge in [-0.05, 0) is 32.9 Å². The van der Waals surface area contributed by atoms with E-state index in [1.54, 1.807) is 0 Å². The van der Waals surface area contributed by atoms with Gasteiger partial charge in [-0.2, -0.15) is 0 Å². The molecule has 0 aliphatic carbocycles. The number of hydrazine groups is 1. The Morgan fingerprint density at radius 3 is 2.63 bits per heavy atom. The highest BCUT2D eigenvalue weighted by atomic mass is 15.3. The second kappa shape index (κ2) is 6.68. The lowest BCUT2D eigenvalue weighted by molar-refractivity contribution is 0.269. The summed E-state index contributed by atoms with van der Waals surface area (Å²) < 4.78 is 0. The molecule has 2 heterocycles. The predicted octanol–water partition coefficient (Wildman–Crippen LogP) is 1.22. The molecule has 0 spiro atoms. The van der Waals surface area contributed by atoms with Crippen molar-refractivity contribution in [1.29, 1.82) is 0 Å². The molecule has 19 heavy (non-hydrogen) atoms. The van der Waals surface area contributed by atoms with Crippen molar-refractivity contribution >= 4 is 11.6 Å². The predicted molar refractivity (Wildman–Crippen MR) is 78.0 cm³/mol. The standard InChI is InChI=1S/C13H24N6/c1-3-11-16-12(8-13(17-11)18-14)15-9-10(2)19-6-4-5-7-19/h8,10H,3-7,9,14H2,1-2H3,(H2,15,16,17,18). The van der Waals surface area contributed by atoms with Gasteiger partial charge in [-0.3, -0.25) is 4.90 Å². The van der Waals surface area contributed by atoms with E-state index in [9.17, 15) is 0 Å². The molecule has 1 fully saturated rings. The van der Waals surface area contributed by atoms with Gasteiger partial charge in [-0.1, -0.05) is 6.92 Å². The van der Waals surface area contributed by atoms with Gasteiger partial charge in [0, 0.05) is 25.1 Å². The first kappa shape index (κ1) is 14.0. The Labute approximate surface area is 114 Å². The third-order valence-corrected chi connectivity index (χ3v) is 3.58. The zero-order valence-corrected chi connectivity index (χ0v) is 11.8. The van der Waals surface area contributed by atoms with Gasteiger partial charge in [0.2, 0.25) is 0 Å². The lowest BCUT2D eigenvalue weighted by Crippen LogP contribution is -2.35. The number of nitrogens with two attached hydrogens (primary N) is 1. The smallest absolute Gasteiger partial charge is 0.145 e. The molecular weight excluding hydrogens is 240 g/mol. The lowest BCUT2D eigenvalue weighted by atomic mass is 10.3. The van der Waals surface area contributed by atoms with E-state index in [0.29, 0.717) is 11.9 Å². The highest BCUT2D eigenvalue weighted by Gasteiger charge is 2.17. The van der Waals surface area contributed by atoms with Gasteiger partial charge in [0.05, 0.1) is 0 Å². The van der Waals surface area contributed by atoms with Crippen LogP contribution in [-0.4, -0.2) is 40.5 Å². The summed E-state index contributed by atoms with van der Waals surface area (Å²) >= 11 is 0. The van der Waals surface area contributed by atoms with Crippen molar-refractivity contribution in [3.05, 3.63) is 11.9 Å². The average Bonchev–Trinajstić information content (AvgIpc) is 2.98. The van der Waals surface area contributed by atoms with Gasteiger partial charge in [0.15, 0.2) is 0 Å². The molecular formula is C13H24N6. The van der Waals surface area contributed by atoms with E-state index in [-0.39, 0.29) is 0 Å². The Kier molecular flexibility index (Phi) is 4.93. The average molecular weight is 264 g/mol. The topological polar surface area (TPSA) is 79.1 Å². The van der Waals surface area contributed by atoms with Gasteiger partial charge in [-0.25, -0.2) is 15.8 Å². The maximum atomic E-state index is 5.42. The van der Waals surface area contributed by atoms with Crippen LogP contribution in [0.2, 0.25) is 0 Å².